The summed E-state index contributed by atoms with van der Waals surface area (Å²) in [5, 5.41) is 6.64. The highest BCUT2D eigenvalue weighted by molar-refractivity contribution is 5.41. The van der Waals surface area contributed by atoms with E-state index in [2.05, 4.69) is 39.3 Å². The van der Waals surface area contributed by atoms with Gasteiger partial charge in [0.15, 0.2) is 0 Å². The molecule has 2 N–H and O–H groups in total. The molecule has 0 amide bonds. The molecule has 1 unspecified atom stereocenters. The van der Waals surface area contributed by atoms with E-state index >= 15 is 0 Å². The number of aromatic nitrogens is 2. The third-order valence-corrected chi connectivity index (χ3v) is 4.06. The quantitative estimate of drug-likeness (QED) is 0.721. The van der Waals surface area contributed by atoms with Crippen molar-refractivity contribution in [3.8, 4) is 0 Å². The molecule has 1 saturated heterocycles. The first-order valence-corrected chi connectivity index (χ1v) is 8.33. The van der Waals surface area contributed by atoms with E-state index in [1.54, 1.807) is 12.4 Å². The van der Waals surface area contributed by atoms with Gasteiger partial charge in [0.1, 0.15) is 11.6 Å². The van der Waals surface area contributed by atoms with Crippen molar-refractivity contribution in [1.82, 2.24) is 14.9 Å². The third-order valence-electron chi connectivity index (χ3n) is 4.06. The van der Waals surface area contributed by atoms with Crippen molar-refractivity contribution in [1.29, 1.82) is 0 Å². The van der Waals surface area contributed by atoms with E-state index in [4.69, 9.17) is 0 Å². The first-order valence-electron chi connectivity index (χ1n) is 8.33. The molecule has 0 bridgehead atoms. The lowest BCUT2D eigenvalue weighted by molar-refractivity contribution is 0.160. The van der Waals surface area contributed by atoms with Crippen LogP contribution in [0.4, 0.5) is 11.6 Å². The van der Waals surface area contributed by atoms with Gasteiger partial charge in [0.25, 0.3) is 0 Å². The average molecular weight is 291 g/mol. The van der Waals surface area contributed by atoms with Gasteiger partial charge in [-0.05, 0) is 39.2 Å². The molecular formula is C16H29N5. The van der Waals surface area contributed by atoms with E-state index in [1.807, 2.05) is 0 Å². The van der Waals surface area contributed by atoms with Crippen molar-refractivity contribution < 1.29 is 0 Å². The van der Waals surface area contributed by atoms with Crippen LogP contribution in [-0.4, -0.2) is 47.1 Å². The molecule has 2 heterocycles. The summed E-state index contributed by atoms with van der Waals surface area (Å²) in [5.41, 5.74) is 0. The van der Waals surface area contributed by atoms with Crippen molar-refractivity contribution in [3.05, 3.63) is 12.4 Å². The van der Waals surface area contributed by atoms with Gasteiger partial charge in [0.05, 0.1) is 12.4 Å². The zero-order chi connectivity index (χ0) is 14.9. The van der Waals surface area contributed by atoms with Gasteiger partial charge in [-0.1, -0.05) is 13.3 Å². The lowest BCUT2D eigenvalue weighted by Crippen LogP contribution is -2.38. The normalized spacial score (nSPS) is 19.4. The Morgan fingerprint density at radius 1 is 1.19 bits per heavy atom. The SMILES string of the molecule is CCCNc1cncc(NCCCN2CCCCC2C)n1. The Morgan fingerprint density at radius 3 is 2.67 bits per heavy atom. The van der Waals surface area contributed by atoms with Gasteiger partial charge in [0.2, 0.25) is 0 Å². The summed E-state index contributed by atoms with van der Waals surface area (Å²) >= 11 is 0. The van der Waals surface area contributed by atoms with Crippen molar-refractivity contribution in [2.45, 2.75) is 52.0 Å². The van der Waals surface area contributed by atoms with Crippen molar-refractivity contribution in [2.75, 3.05) is 36.8 Å². The standard InChI is InChI=1S/C16H29N5/c1-3-8-18-15-12-17-13-16(20-15)19-9-6-11-21-10-5-4-7-14(21)2/h12-14H,3-11H2,1-2H3,(H2,18,19,20). The lowest BCUT2D eigenvalue weighted by atomic mass is 10.0. The highest BCUT2D eigenvalue weighted by Crippen LogP contribution is 2.16. The molecule has 5 heteroatoms. The fourth-order valence-corrected chi connectivity index (χ4v) is 2.78. The van der Waals surface area contributed by atoms with E-state index in [1.165, 1.54) is 32.4 Å². The molecular weight excluding hydrogens is 262 g/mol. The number of piperidine rings is 1. The average Bonchev–Trinajstić information content (AvgIpc) is 2.51. The first-order chi connectivity index (χ1) is 10.3. The topological polar surface area (TPSA) is 53.1 Å². The molecule has 0 spiro atoms. The molecule has 1 fully saturated rings. The third kappa shape index (κ3) is 5.50. The summed E-state index contributed by atoms with van der Waals surface area (Å²) in [5.74, 6) is 1.72. The molecule has 0 aromatic carbocycles. The van der Waals surface area contributed by atoms with E-state index in [9.17, 15) is 0 Å². The number of hydrogen-bond acceptors (Lipinski definition) is 5. The predicted molar refractivity (Wildman–Crippen MR) is 88.8 cm³/mol. The maximum Gasteiger partial charge on any atom is 0.146 e. The van der Waals surface area contributed by atoms with Crippen LogP contribution >= 0.6 is 0 Å². The maximum absolute atomic E-state index is 4.51. The highest BCUT2D eigenvalue weighted by Gasteiger charge is 2.16. The van der Waals surface area contributed by atoms with Crippen LogP contribution in [0.1, 0.15) is 46.0 Å². The summed E-state index contributed by atoms with van der Waals surface area (Å²) in [7, 11) is 0. The Hall–Kier alpha value is -1.36. The first kappa shape index (κ1) is 16.0. The number of likely N-dealkylation sites (tertiary alicyclic amines) is 1. The summed E-state index contributed by atoms with van der Waals surface area (Å²) in [6, 6.07) is 0.750. The Labute approximate surface area is 128 Å². The minimum Gasteiger partial charge on any atom is -0.369 e. The van der Waals surface area contributed by atoms with Gasteiger partial charge in [-0.2, -0.15) is 0 Å². The highest BCUT2D eigenvalue weighted by atomic mass is 15.2. The van der Waals surface area contributed by atoms with Crippen LogP contribution in [0.25, 0.3) is 0 Å². The number of nitrogens with one attached hydrogen (secondary N) is 2. The van der Waals surface area contributed by atoms with Gasteiger partial charge < -0.3 is 15.5 Å². The second-order valence-corrected chi connectivity index (χ2v) is 5.88. The second-order valence-electron chi connectivity index (χ2n) is 5.88. The van der Waals surface area contributed by atoms with E-state index < -0.39 is 0 Å². The molecule has 2 rings (SSSR count). The molecule has 1 aliphatic heterocycles. The van der Waals surface area contributed by atoms with Crippen LogP contribution in [0.3, 0.4) is 0 Å². The largest absolute Gasteiger partial charge is 0.369 e. The van der Waals surface area contributed by atoms with Gasteiger partial charge in [-0.3, -0.25) is 4.98 Å². The van der Waals surface area contributed by atoms with E-state index in [0.717, 1.165) is 43.6 Å². The fourth-order valence-electron chi connectivity index (χ4n) is 2.78. The second kappa shape index (κ2) is 8.82. The monoisotopic (exact) mass is 291 g/mol. The summed E-state index contributed by atoms with van der Waals surface area (Å²) < 4.78 is 0. The molecule has 118 valence electrons. The summed E-state index contributed by atoms with van der Waals surface area (Å²) in [6.07, 6.45) is 9.91. The smallest absolute Gasteiger partial charge is 0.146 e. The maximum atomic E-state index is 4.51. The molecule has 5 nitrogen and oxygen atoms in total. The van der Waals surface area contributed by atoms with Crippen LogP contribution in [-0.2, 0) is 0 Å². The molecule has 1 aromatic heterocycles. The summed E-state index contributed by atoms with van der Waals surface area (Å²) in [6.45, 7) is 8.82. The molecule has 0 radical (unpaired) electrons. The number of hydrogen-bond donors (Lipinski definition) is 2. The van der Waals surface area contributed by atoms with Crippen LogP contribution in [0, 0.1) is 0 Å². The number of anilines is 2. The Bertz CT molecular complexity index is 409. The predicted octanol–water partition coefficient (Wildman–Crippen LogP) is 2.97. The lowest BCUT2D eigenvalue weighted by Gasteiger charge is -2.33. The van der Waals surface area contributed by atoms with Crippen molar-refractivity contribution >= 4 is 11.6 Å². The molecule has 0 saturated carbocycles. The summed E-state index contributed by atoms with van der Waals surface area (Å²) in [4.78, 5) is 11.3. The Kier molecular flexibility index (Phi) is 6.73. The van der Waals surface area contributed by atoms with Gasteiger partial charge in [0, 0.05) is 25.7 Å². The van der Waals surface area contributed by atoms with Crippen LogP contribution in [0.5, 0.6) is 0 Å². The van der Waals surface area contributed by atoms with Crippen LogP contribution in [0.15, 0.2) is 12.4 Å². The number of rotatable bonds is 8. The van der Waals surface area contributed by atoms with Gasteiger partial charge >= 0.3 is 0 Å². The van der Waals surface area contributed by atoms with Crippen LogP contribution in [0.2, 0.25) is 0 Å². The van der Waals surface area contributed by atoms with Gasteiger partial charge in [-0.25, -0.2) is 4.98 Å². The number of nitrogens with zero attached hydrogens (tertiary/aromatic N) is 3. The zero-order valence-corrected chi connectivity index (χ0v) is 13.4. The van der Waals surface area contributed by atoms with Crippen molar-refractivity contribution in [3.63, 3.8) is 0 Å². The molecule has 21 heavy (non-hydrogen) atoms. The van der Waals surface area contributed by atoms with Gasteiger partial charge in [-0.15, -0.1) is 0 Å². The molecule has 1 atom stereocenters. The van der Waals surface area contributed by atoms with E-state index in [0.29, 0.717) is 0 Å². The van der Waals surface area contributed by atoms with Crippen LogP contribution < -0.4 is 10.6 Å². The molecule has 1 aromatic rings. The Morgan fingerprint density at radius 2 is 1.95 bits per heavy atom. The zero-order valence-electron chi connectivity index (χ0n) is 13.4. The Balaban J connectivity index is 1.68. The van der Waals surface area contributed by atoms with Crippen molar-refractivity contribution in [2.24, 2.45) is 0 Å². The van der Waals surface area contributed by atoms with E-state index in [-0.39, 0.29) is 0 Å². The minimum absolute atomic E-state index is 0.750. The molecule has 1 aliphatic rings. The fraction of sp³-hybridized carbons (Fsp3) is 0.750. The minimum atomic E-state index is 0.750. The molecule has 0 aliphatic carbocycles.